The lowest BCUT2D eigenvalue weighted by Crippen LogP contribution is -2.23. The Morgan fingerprint density at radius 3 is 2.49 bits per heavy atom. The second-order valence-corrected chi connectivity index (χ2v) is 11.6. The van der Waals surface area contributed by atoms with E-state index in [1.54, 1.807) is 25.1 Å². The molecule has 0 radical (unpaired) electrons. The fraction of sp³-hybridized carbons (Fsp3) is 0.0870. The number of thioether (sulfide) groups is 1. The number of nitrogens with two attached hydrogens (primary N) is 1. The van der Waals surface area contributed by atoms with E-state index in [0.29, 0.717) is 27.8 Å². The summed E-state index contributed by atoms with van der Waals surface area (Å²) in [6.07, 6.45) is 0. The summed E-state index contributed by atoms with van der Waals surface area (Å²) in [4.78, 5) is 41.0. The van der Waals surface area contributed by atoms with Gasteiger partial charge in [-0.1, -0.05) is 11.8 Å². The number of carbonyl (C=O) groups is 1. The molecule has 1 aromatic heterocycles. The van der Waals surface area contributed by atoms with Gasteiger partial charge in [-0.3, -0.25) is 24.3 Å². The van der Waals surface area contributed by atoms with Crippen molar-refractivity contribution in [3.63, 3.8) is 0 Å². The number of non-ortho nitro benzene ring substituents is 1. The first-order chi connectivity index (χ1) is 17.4. The van der Waals surface area contributed by atoms with Gasteiger partial charge in [-0.15, -0.1) is 0 Å². The van der Waals surface area contributed by atoms with Crippen LogP contribution in [0, 0.1) is 20.6 Å². The number of sulfonamides is 1. The lowest BCUT2D eigenvalue weighted by molar-refractivity contribution is -0.384. The summed E-state index contributed by atoms with van der Waals surface area (Å²) in [5.74, 6) is -0.524. The van der Waals surface area contributed by atoms with Crippen LogP contribution in [0.3, 0.4) is 0 Å². The van der Waals surface area contributed by atoms with E-state index in [1.807, 2.05) is 0 Å². The molecule has 0 unspecified atom stereocenters. The molecule has 4 rings (SSSR count). The van der Waals surface area contributed by atoms with E-state index < -0.39 is 20.9 Å². The number of benzene rings is 3. The van der Waals surface area contributed by atoms with Gasteiger partial charge in [0.25, 0.3) is 11.2 Å². The predicted molar refractivity (Wildman–Crippen MR) is 149 cm³/mol. The highest BCUT2D eigenvalue weighted by atomic mass is 127. The molecule has 3 N–H and O–H groups in total. The molecule has 37 heavy (non-hydrogen) atoms. The van der Waals surface area contributed by atoms with Crippen molar-refractivity contribution in [2.24, 2.45) is 5.14 Å². The van der Waals surface area contributed by atoms with Crippen LogP contribution in [0.5, 0.6) is 0 Å². The standard InChI is InChI=1S/C23H18IN5O6S2/c1-13-10-16(29(32)33)5-9-19(13)26-21(30)12-36-23-27-20-8-2-14(24)11-18(20)22(31)28(23)15-3-6-17(7-4-15)37(25,34)35/h2-11H,12H2,1H3,(H,26,30)(H2,25,34,35). The number of primary sulfonamides is 1. The molecular weight excluding hydrogens is 633 g/mol. The van der Waals surface area contributed by atoms with Gasteiger partial charge in [0.1, 0.15) is 0 Å². The van der Waals surface area contributed by atoms with Gasteiger partial charge >= 0.3 is 0 Å². The molecule has 11 nitrogen and oxygen atoms in total. The third kappa shape index (κ3) is 5.98. The molecule has 190 valence electrons. The number of nitrogens with zero attached hydrogens (tertiary/aromatic N) is 3. The summed E-state index contributed by atoms with van der Waals surface area (Å²) in [5, 5.41) is 19.4. The first-order valence-electron chi connectivity index (χ1n) is 10.5. The van der Waals surface area contributed by atoms with Gasteiger partial charge in [0.2, 0.25) is 15.9 Å². The van der Waals surface area contributed by atoms with Crippen LogP contribution in [0.2, 0.25) is 0 Å². The van der Waals surface area contributed by atoms with Crippen molar-refractivity contribution in [3.8, 4) is 5.69 Å². The molecule has 0 aliphatic rings. The number of nitrogens with one attached hydrogen (secondary N) is 1. The molecule has 0 saturated heterocycles. The molecule has 0 saturated carbocycles. The molecule has 1 amide bonds. The van der Waals surface area contributed by atoms with Gasteiger partial charge in [-0.05, 0) is 83.6 Å². The Kier molecular flexibility index (Phi) is 7.63. The Morgan fingerprint density at radius 2 is 1.86 bits per heavy atom. The Bertz CT molecular complexity index is 1720. The SMILES string of the molecule is Cc1cc([N+](=O)[O-])ccc1NC(=O)CSc1nc2ccc(I)cc2c(=O)n1-c1ccc(S(N)(=O)=O)cc1. The predicted octanol–water partition coefficient (Wildman–Crippen LogP) is 3.59. The van der Waals surface area contributed by atoms with Crippen LogP contribution in [0.1, 0.15) is 5.56 Å². The van der Waals surface area contributed by atoms with Gasteiger partial charge in [0, 0.05) is 21.4 Å². The minimum absolute atomic E-state index is 0.0858. The zero-order chi connectivity index (χ0) is 26.9. The van der Waals surface area contributed by atoms with Crippen LogP contribution in [0.25, 0.3) is 16.6 Å². The van der Waals surface area contributed by atoms with E-state index >= 15 is 0 Å². The highest BCUT2D eigenvalue weighted by molar-refractivity contribution is 14.1. The van der Waals surface area contributed by atoms with Crippen LogP contribution in [-0.4, -0.2) is 34.6 Å². The Labute approximate surface area is 228 Å². The van der Waals surface area contributed by atoms with Crippen molar-refractivity contribution in [1.29, 1.82) is 0 Å². The van der Waals surface area contributed by atoms with Crippen LogP contribution in [-0.2, 0) is 14.8 Å². The Morgan fingerprint density at radius 1 is 1.16 bits per heavy atom. The number of nitro benzene ring substituents is 1. The number of amides is 1. The minimum atomic E-state index is -3.92. The summed E-state index contributed by atoms with van der Waals surface area (Å²) in [6, 6.07) is 14.8. The van der Waals surface area contributed by atoms with Crippen molar-refractivity contribution in [3.05, 3.63) is 90.3 Å². The van der Waals surface area contributed by atoms with Crippen molar-refractivity contribution in [2.75, 3.05) is 11.1 Å². The number of hydrogen-bond acceptors (Lipinski definition) is 8. The lowest BCUT2D eigenvalue weighted by atomic mass is 10.2. The zero-order valence-electron chi connectivity index (χ0n) is 19.0. The molecular formula is C23H18IN5O6S2. The van der Waals surface area contributed by atoms with Crippen molar-refractivity contribution < 1.29 is 18.1 Å². The molecule has 0 bridgehead atoms. The van der Waals surface area contributed by atoms with E-state index in [0.717, 1.165) is 15.3 Å². The van der Waals surface area contributed by atoms with E-state index in [4.69, 9.17) is 5.14 Å². The zero-order valence-corrected chi connectivity index (χ0v) is 22.8. The van der Waals surface area contributed by atoms with E-state index in [1.165, 1.54) is 47.0 Å². The summed E-state index contributed by atoms with van der Waals surface area (Å²) >= 11 is 3.10. The molecule has 4 aromatic rings. The van der Waals surface area contributed by atoms with E-state index in [-0.39, 0.29) is 27.1 Å². The number of fused-ring (bicyclic) bond motifs is 1. The third-order valence-electron chi connectivity index (χ3n) is 5.25. The number of rotatable bonds is 7. The van der Waals surface area contributed by atoms with Crippen molar-refractivity contribution in [1.82, 2.24) is 9.55 Å². The Balaban J connectivity index is 1.68. The van der Waals surface area contributed by atoms with E-state index in [9.17, 15) is 28.1 Å². The number of aryl methyl sites for hydroxylation is 1. The largest absolute Gasteiger partial charge is 0.325 e. The average Bonchev–Trinajstić information content (AvgIpc) is 2.84. The number of anilines is 1. The van der Waals surface area contributed by atoms with Gasteiger partial charge in [-0.25, -0.2) is 18.5 Å². The lowest BCUT2D eigenvalue weighted by Gasteiger charge is -2.14. The second kappa shape index (κ2) is 10.6. The Hall–Kier alpha value is -3.34. The first-order valence-corrected chi connectivity index (χ1v) is 14.1. The maximum Gasteiger partial charge on any atom is 0.269 e. The normalized spacial score (nSPS) is 11.4. The fourth-order valence-corrected chi connectivity index (χ4v) is 5.28. The molecule has 0 aliphatic carbocycles. The highest BCUT2D eigenvalue weighted by Crippen LogP contribution is 2.25. The van der Waals surface area contributed by atoms with E-state index in [2.05, 4.69) is 32.9 Å². The maximum absolute atomic E-state index is 13.5. The molecule has 0 spiro atoms. The topological polar surface area (TPSA) is 167 Å². The average molecular weight is 651 g/mol. The van der Waals surface area contributed by atoms with Gasteiger partial charge in [0.15, 0.2) is 5.16 Å². The smallest absolute Gasteiger partial charge is 0.269 e. The van der Waals surface area contributed by atoms with Gasteiger partial charge in [0.05, 0.1) is 32.2 Å². The number of aromatic nitrogens is 2. The summed E-state index contributed by atoms with van der Waals surface area (Å²) in [6.45, 7) is 1.64. The maximum atomic E-state index is 13.5. The number of nitro groups is 1. The number of carbonyl (C=O) groups excluding carboxylic acids is 1. The molecule has 0 aliphatic heterocycles. The van der Waals surface area contributed by atoms with Crippen LogP contribution < -0.4 is 16.0 Å². The first kappa shape index (κ1) is 26.7. The van der Waals surface area contributed by atoms with Gasteiger partial charge < -0.3 is 5.32 Å². The van der Waals surface area contributed by atoms with Crippen LogP contribution >= 0.6 is 34.4 Å². The highest BCUT2D eigenvalue weighted by Gasteiger charge is 2.17. The number of hydrogen-bond donors (Lipinski definition) is 2. The van der Waals surface area contributed by atoms with Crippen LogP contribution in [0.4, 0.5) is 11.4 Å². The monoisotopic (exact) mass is 651 g/mol. The second-order valence-electron chi connectivity index (χ2n) is 7.83. The third-order valence-corrected chi connectivity index (χ3v) is 7.79. The quantitative estimate of drug-likeness (QED) is 0.101. The molecule has 14 heteroatoms. The molecule has 1 heterocycles. The molecule has 3 aromatic carbocycles. The van der Waals surface area contributed by atoms with Gasteiger partial charge in [-0.2, -0.15) is 0 Å². The summed E-state index contributed by atoms with van der Waals surface area (Å²) in [7, 11) is -3.92. The number of halogens is 1. The summed E-state index contributed by atoms with van der Waals surface area (Å²) < 4.78 is 25.4. The van der Waals surface area contributed by atoms with Crippen molar-refractivity contribution in [2.45, 2.75) is 17.0 Å². The van der Waals surface area contributed by atoms with Crippen LogP contribution in [0.15, 0.2) is 75.5 Å². The van der Waals surface area contributed by atoms with Crippen molar-refractivity contribution >= 4 is 72.6 Å². The minimum Gasteiger partial charge on any atom is -0.325 e. The fourth-order valence-electron chi connectivity index (χ4n) is 3.46. The summed E-state index contributed by atoms with van der Waals surface area (Å²) in [5.41, 5.74) is 1.26. The molecule has 0 atom stereocenters. The molecule has 0 fully saturated rings.